The third kappa shape index (κ3) is 3.15. The number of hydrogen-bond acceptors (Lipinski definition) is 2. The van der Waals surface area contributed by atoms with Gasteiger partial charge in [0.15, 0.2) is 0 Å². The molecule has 0 fully saturated rings. The molecule has 0 radical (unpaired) electrons. The van der Waals surface area contributed by atoms with Gasteiger partial charge in [0, 0.05) is 11.6 Å². The third-order valence-electron chi connectivity index (χ3n) is 3.04. The largest absolute Gasteiger partial charge is 0.508 e. The summed E-state index contributed by atoms with van der Waals surface area (Å²) >= 11 is 0. The van der Waals surface area contributed by atoms with E-state index in [2.05, 4.69) is 19.2 Å². The first-order valence-corrected chi connectivity index (χ1v) is 6.37. The number of aromatic hydroxyl groups is 1. The van der Waals surface area contributed by atoms with Crippen molar-refractivity contribution < 1.29 is 14.3 Å². The number of hydrogen-bond donors (Lipinski definition) is 2. The number of nitrogens with one attached hydrogen (secondary N) is 1. The molecule has 2 rings (SSSR count). The lowest BCUT2D eigenvalue weighted by Gasteiger charge is -2.08. The maximum absolute atomic E-state index is 13.5. The molecule has 0 heterocycles. The molecule has 0 saturated carbocycles. The van der Waals surface area contributed by atoms with Gasteiger partial charge in [0.05, 0.1) is 5.69 Å². The van der Waals surface area contributed by atoms with Crippen LogP contribution in [-0.2, 0) is 0 Å². The Morgan fingerprint density at radius 2 is 1.80 bits per heavy atom. The Kier molecular flexibility index (Phi) is 4.03. The van der Waals surface area contributed by atoms with Crippen LogP contribution in [0.4, 0.5) is 10.1 Å². The summed E-state index contributed by atoms with van der Waals surface area (Å²) in [5.41, 5.74) is 1.64. The van der Waals surface area contributed by atoms with Crippen LogP contribution in [0, 0.1) is 5.82 Å². The van der Waals surface area contributed by atoms with Crippen molar-refractivity contribution in [2.24, 2.45) is 0 Å². The number of halogens is 1. The van der Waals surface area contributed by atoms with Crippen LogP contribution in [0.5, 0.6) is 5.75 Å². The highest BCUT2D eigenvalue weighted by Gasteiger charge is 2.10. The van der Waals surface area contributed by atoms with Gasteiger partial charge in [-0.05, 0) is 35.7 Å². The molecule has 104 valence electrons. The lowest BCUT2D eigenvalue weighted by molar-refractivity contribution is 0.102. The van der Waals surface area contributed by atoms with Crippen molar-refractivity contribution in [3.8, 4) is 5.75 Å². The molecular weight excluding hydrogens is 257 g/mol. The number of carbonyl (C=O) groups is 1. The van der Waals surface area contributed by atoms with Crippen LogP contribution in [-0.4, -0.2) is 11.0 Å². The van der Waals surface area contributed by atoms with Crippen LogP contribution >= 0.6 is 0 Å². The van der Waals surface area contributed by atoms with Crippen LogP contribution in [0.15, 0.2) is 42.5 Å². The smallest absolute Gasteiger partial charge is 0.255 e. The van der Waals surface area contributed by atoms with Crippen molar-refractivity contribution in [2.45, 2.75) is 19.8 Å². The first kappa shape index (κ1) is 14.1. The highest BCUT2D eigenvalue weighted by atomic mass is 19.1. The van der Waals surface area contributed by atoms with Crippen LogP contribution < -0.4 is 5.32 Å². The van der Waals surface area contributed by atoms with Gasteiger partial charge >= 0.3 is 0 Å². The number of rotatable bonds is 3. The van der Waals surface area contributed by atoms with Gasteiger partial charge < -0.3 is 10.4 Å². The Balaban J connectivity index is 2.15. The Hall–Kier alpha value is -2.36. The van der Waals surface area contributed by atoms with E-state index in [1.165, 1.54) is 12.1 Å². The van der Waals surface area contributed by atoms with Gasteiger partial charge in [0.25, 0.3) is 5.91 Å². The molecule has 0 aliphatic rings. The molecule has 4 heteroatoms. The van der Waals surface area contributed by atoms with Gasteiger partial charge in [-0.3, -0.25) is 4.79 Å². The van der Waals surface area contributed by atoms with Crippen molar-refractivity contribution >= 4 is 11.6 Å². The predicted octanol–water partition coefficient (Wildman–Crippen LogP) is 3.91. The van der Waals surface area contributed by atoms with Gasteiger partial charge in [0.1, 0.15) is 11.6 Å². The molecule has 0 spiro atoms. The molecule has 3 nitrogen and oxygen atoms in total. The summed E-state index contributed by atoms with van der Waals surface area (Å²) in [4.78, 5) is 12.0. The van der Waals surface area contributed by atoms with Crippen molar-refractivity contribution in [2.75, 3.05) is 5.32 Å². The summed E-state index contributed by atoms with van der Waals surface area (Å²) in [5.74, 6) is -0.842. The van der Waals surface area contributed by atoms with E-state index in [9.17, 15) is 9.18 Å². The Bertz CT molecular complexity index is 621. The van der Waals surface area contributed by atoms with Crippen LogP contribution in [0.25, 0.3) is 0 Å². The van der Waals surface area contributed by atoms with E-state index >= 15 is 0 Å². The lowest BCUT2D eigenvalue weighted by Crippen LogP contribution is -2.13. The Labute approximate surface area is 117 Å². The van der Waals surface area contributed by atoms with Crippen LogP contribution in [0.1, 0.15) is 35.7 Å². The molecule has 1 amide bonds. The van der Waals surface area contributed by atoms with Gasteiger partial charge in [0.2, 0.25) is 0 Å². The van der Waals surface area contributed by atoms with Crippen LogP contribution in [0.3, 0.4) is 0 Å². The summed E-state index contributed by atoms with van der Waals surface area (Å²) in [6.07, 6.45) is 0. The minimum atomic E-state index is -0.669. The first-order valence-electron chi connectivity index (χ1n) is 6.37. The quantitative estimate of drug-likeness (QED) is 0.833. The third-order valence-corrected chi connectivity index (χ3v) is 3.04. The van der Waals surface area contributed by atoms with E-state index in [1.807, 2.05) is 12.1 Å². The number of benzene rings is 2. The number of amides is 1. The number of carbonyl (C=O) groups excluding carboxylic acids is 1. The topological polar surface area (TPSA) is 49.3 Å². The van der Waals surface area contributed by atoms with E-state index in [0.29, 0.717) is 11.5 Å². The molecular formula is C16H16FNO2. The fourth-order valence-corrected chi connectivity index (χ4v) is 1.82. The van der Waals surface area contributed by atoms with Crippen LogP contribution in [0.2, 0.25) is 0 Å². The molecule has 0 bridgehead atoms. The second kappa shape index (κ2) is 5.74. The number of phenolic OH excluding ortho intramolecular Hbond substituents is 1. The summed E-state index contributed by atoms with van der Waals surface area (Å²) in [5, 5.41) is 11.6. The highest BCUT2D eigenvalue weighted by Crippen LogP contribution is 2.20. The molecule has 0 aliphatic heterocycles. The average molecular weight is 273 g/mol. The number of anilines is 1. The predicted molar refractivity (Wildman–Crippen MR) is 76.5 cm³/mol. The number of phenols is 1. The van der Waals surface area contributed by atoms with Crippen molar-refractivity contribution in [1.82, 2.24) is 0 Å². The molecule has 0 aromatic heterocycles. The van der Waals surface area contributed by atoms with Gasteiger partial charge in [-0.1, -0.05) is 26.0 Å². The normalized spacial score (nSPS) is 10.6. The monoisotopic (exact) mass is 273 g/mol. The van der Waals surface area contributed by atoms with E-state index < -0.39 is 5.82 Å². The summed E-state index contributed by atoms with van der Waals surface area (Å²) in [6.45, 7) is 4.14. The summed E-state index contributed by atoms with van der Waals surface area (Å²) in [6, 6.07) is 10.8. The molecule has 0 saturated heterocycles. The summed E-state index contributed by atoms with van der Waals surface area (Å²) < 4.78 is 13.5. The summed E-state index contributed by atoms with van der Waals surface area (Å²) in [7, 11) is 0. The van der Waals surface area contributed by atoms with Crippen molar-refractivity contribution in [1.29, 1.82) is 0 Å². The van der Waals surface area contributed by atoms with Gasteiger partial charge in [-0.2, -0.15) is 0 Å². The zero-order valence-electron chi connectivity index (χ0n) is 11.4. The SMILES string of the molecule is CC(C)c1ccc(C(=O)Nc2ccc(O)cc2F)cc1. The zero-order chi connectivity index (χ0) is 14.7. The fourth-order valence-electron chi connectivity index (χ4n) is 1.82. The fraction of sp³-hybridized carbons (Fsp3) is 0.188. The molecule has 0 unspecified atom stereocenters. The lowest BCUT2D eigenvalue weighted by atomic mass is 10.0. The van der Waals surface area contributed by atoms with E-state index in [-0.39, 0.29) is 17.3 Å². The second-order valence-electron chi connectivity index (χ2n) is 4.89. The average Bonchev–Trinajstić information content (AvgIpc) is 2.42. The molecule has 0 atom stereocenters. The molecule has 2 aromatic rings. The Morgan fingerprint density at radius 1 is 1.15 bits per heavy atom. The standard InChI is InChI=1S/C16H16FNO2/c1-10(2)11-3-5-12(6-4-11)16(20)18-15-8-7-13(19)9-14(15)17/h3-10,19H,1-2H3,(H,18,20). The van der Waals surface area contributed by atoms with Crippen molar-refractivity contribution in [3.63, 3.8) is 0 Å². The maximum atomic E-state index is 13.5. The van der Waals surface area contributed by atoms with E-state index in [4.69, 9.17) is 5.11 Å². The molecule has 20 heavy (non-hydrogen) atoms. The van der Waals surface area contributed by atoms with E-state index in [1.54, 1.807) is 12.1 Å². The highest BCUT2D eigenvalue weighted by molar-refractivity contribution is 6.04. The second-order valence-corrected chi connectivity index (χ2v) is 4.89. The first-order chi connectivity index (χ1) is 9.47. The minimum Gasteiger partial charge on any atom is -0.508 e. The Morgan fingerprint density at radius 3 is 2.35 bits per heavy atom. The minimum absolute atomic E-state index is 0.0423. The maximum Gasteiger partial charge on any atom is 0.255 e. The van der Waals surface area contributed by atoms with Gasteiger partial charge in [-0.25, -0.2) is 4.39 Å². The van der Waals surface area contributed by atoms with E-state index in [0.717, 1.165) is 11.6 Å². The van der Waals surface area contributed by atoms with Gasteiger partial charge in [-0.15, -0.1) is 0 Å². The van der Waals surface area contributed by atoms with Crippen molar-refractivity contribution in [3.05, 3.63) is 59.4 Å². The molecule has 2 N–H and O–H groups in total. The zero-order valence-corrected chi connectivity index (χ0v) is 11.4. The molecule has 0 aliphatic carbocycles. The molecule has 2 aromatic carbocycles.